The molecule has 0 aliphatic rings. The molecule has 0 aromatic carbocycles. The highest BCUT2D eigenvalue weighted by atomic mass is 16.3. The van der Waals surface area contributed by atoms with Gasteiger partial charge in [-0.1, -0.05) is 97.3 Å². The fourth-order valence-corrected chi connectivity index (χ4v) is 2.99. The molecule has 0 saturated heterocycles. The van der Waals surface area contributed by atoms with Gasteiger partial charge in [0, 0.05) is 0 Å². The number of unbranched alkanes of at least 4 members (excludes halogenated alkanes) is 12. The molecule has 0 fully saturated rings. The quantitative estimate of drug-likeness (QED) is 0.312. The van der Waals surface area contributed by atoms with E-state index >= 15 is 0 Å². The minimum Gasteiger partial charge on any atom is -0.393 e. The predicted octanol–water partition coefficient (Wildman–Crippen LogP) is 5.83. The van der Waals surface area contributed by atoms with Gasteiger partial charge in [0.1, 0.15) is 0 Å². The number of hydrogen-bond acceptors (Lipinski definition) is 2. The van der Waals surface area contributed by atoms with Crippen LogP contribution in [0.4, 0.5) is 0 Å². The second-order valence-electron chi connectivity index (χ2n) is 6.83. The minimum absolute atomic E-state index is 0.0910. The first kappa shape index (κ1) is 21.9. The van der Waals surface area contributed by atoms with Crippen molar-refractivity contribution in [1.29, 1.82) is 0 Å². The van der Waals surface area contributed by atoms with E-state index in [4.69, 9.17) is 0 Å². The second kappa shape index (κ2) is 19.0. The molecule has 2 nitrogen and oxygen atoms in total. The van der Waals surface area contributed by atoms with Crippen LogP contribution in [0.2, 0.25) is 0 Å². The van der Waals surface area contributed by atoms with Crippen molar-refractivity contribution in [3.8, 4) is 0 Å². The summed E-state index contributed by atoms with van der Waals surface area (Å²) in [6.07, 6.45) is 19.9. The van der Waals surface area contributed by atoms with Gasteiger partial charge in [0.2, 0.25) is 0 Å². The van der Waals surface area contributed by atoms with E-state index in [0.717, 1.165) is 25.9 Å². The van der Waals surface area contributed by atoms with Crippen LogP contribution in [0.5, 0.6) is 0 Å². The summed E-state index contributed by atoms with van der Waals surface area (Å²) in [5.74, 6) is 0. The standard InChI is InChI=1S/C20H43NO/c1-3-5-6-7-8-9-10-11-12-13-14-15-16-17-20(22)18-19-21-4-2/h20-22H,3-19H2,1-2H3. The summed E-state index contributed by atoms with van der Waals surface area (Å²) in [6, 6.07) is 0. The van der Waals surface area contributed by atoms with Crippen molar-refractivity contribution in [2.24, 2.45) is 0 Å². The highest BCUT2D eigenvalue weighted by Crippen LogP contribution is 2.13. The normalized spacial score (nSPS) is 12.7. The number of aliphatic hydroxyl groups excluding tert-OH is 1. The molecule has 0 aromatic heterocycles. The molecule has 0 aliphatic heterocycles. The van der Waals surface area contributed by atoms with Crippen molar-refractivity contribution in [3.05, 3.63) is 0 Å². The number of rotatable bonds is 18. The zero-order valence-electron chi connectivity index (χ0n) is 15.5. The maximum absolute atomic E-state index is 9.81. The maximum atomic E-state index is 9.81. The molecule has 0 saturated carbocycles. The molecule has 1 unspecified atom stereocenters. The molecule has 0 spiro atoms. The van der Waals surface area contributed by atoms with Crippen molar-refractivity contribution in [3.63, 3.8) is 0 Å². The third kappa shape index (κ3) is 18.0. The summed E-state index contributed by atoms with van der Waals surface area (Å²) in [7, 11) is 0. The highest BCUT2D eigenvalue weighted by molar-refractivity contribution is 4.58. The SMILES string of the molecule is CCCCCCCCCCCCCCCC(O)CCNCC. The van der Waals surface area contributed by atoms with Gasteiger partial charge in [0.25, 0.3) is 0 Å². The van der Waals surface area contributed by atoms with Crippen LogP contribution >= 0.6 is 0 Å². The Kier molecular flexibility index (Phi) is 18.9. The number of nitrogens with one attached hydrogen (secondary N) is 1. The first-order chi connectivity index (χ1) is 10.8. The van der Waals surface area contributed by atoms with Gasteiger partial charge in [-0.3, -0.25) is 0 Å². The maximum Gasteiger partial charge on any atom is 0.0552 e. The smallest absolute Gasteiger partial charge is 0.0552 e. The van der Waals surface area contributed by atoms with Gasteiger partial charge < -0.3 is 10.4 Å². The molecule has 134 valence electrons. The van der Waals surface area contributed by atoms with Crippen LogP contribution in [0.1, 0.15) is 110 Å². The second-order valence-corrected chi connectivity index (χ2v) is 6.83. The van der Waals surface area contributed by atoms with Crippen LogP contribution in [-0.4, -0.2) is 24.3 Å². The Morgan fingerprint density at radius 1 is 0.636 bits per heavy atom. The zero-order chi connectivity index (χ0) is 16.3. The molecule has 22 heavy (non-hydrogen) atoms. The highest BCUT2D eigenvalue weighted by Gasteiger charge is 2.02. The number of aliphatic hydroxyl groups is 1. The Bertz CT molecular complexity index is 196. The molecule has 0 aliphatic carbocycles. The van der Waals surface area contributed by atoms with Crippen molar-refractivity contribution in [2.45, 2.75) is 116 Å². The van der Waals surface area contributed by atoms with E-state index in [1.54, 1.807) is 0 Å². The molecule has 0 heterocycles. The van der Waals surface area contributed by atoms with E-state index in [0.29, 0.717) is 0 Å². The molecule has 0 radical (unpaired) electrons. The molecule has 0 bridgehead atoms. The number of hydrogen-bond donors (Lipinski definition) is 2. The van der Waals surface area contributed by atoms with E-state index in [1.807, 2.05) is 0 Å². The largest absolute Gasteiger partial charge is 0.393 e. The minimum atomic E-state index is -0.0910. The predicted molar refractivity (Wildman–Crippen MR) is 99.5 cm³/mol. The van der Waals surface area contributed by atoms with Crippen LogP contribution in [0.15, 0.2) is 0 Å². The molecule has 2 N–H and O–H groups in total. The summed E-state index contributed by atoms with van der Waals surface area (Å²) in [6.45, 7) is 6.35. The van der Waals surface area contributed by atoms with Crippen molar-refractivity contribution >= 4 is 0 Å². The van der Waals surface area contributed by atoms with E-state index in [9.17, 15) is 5.11 Å². The third-order valence-electron chi connectivity index (χ3n) is 4.55. The molecule has 0 amide bonds. The van der Waals surface area contributed by atoms with Crippen LogP contribution in [-0.2, 0) is 0 Å². The molecule has 0 rings (SSSR count). The van der Waals surface area contributed by atoms with Gasteiger partial charge in [0.15, 0.2) is 0 Å². The van der Waals surface area contributed by atoms with E-state index in [-0.39, 0.29) is 6.10 Å². The lowest BCUT2D eigenvalue weighted by Gasteiger charge is -2.10. The van der Waals surface area contributed by atoms with E-state index in [1.165, 1.54) is 83.5 Å². The van der Waals surface area contributed by atoms with Gasteiger partial charge >= 0.3 is 0 Å². The van der Waals surface area contributed by atoms with Crippen LogP contribution < -0.4 is 5.32 Å². The molecule has 2 heteroatoms. The van der Waals surface area contributed by atoms with E-state index in [2.05, 4.69) is 19.2 Å². The van der Waals surface area contributed by atoms with Crippen LogP contribution in [0.25, 0.3) is 0 Å². The van der Waals surface area contributed by atoms with Gasteiger partial charge in [-0.2, -0.15) is 0 Å². The first-order valence-electron chi connectivity index (χ1n) is 10.2. The average molecular weight is 314 g/mol. The Balaban J connectivity index is 3.05. The van der Waals surface area contributed by atoms with Crippen molar-refractivity contribution in [2.75, 3.05) is 13.1 Å². The van der Waals surface area contributed by atoms with Gasteiger partial charge in [-0.25, -0.2) is 0 Å². The van der Waals surface area contributed by atoms with Crippen molar-refractivity contribution < 1.29 is 5.11 Å². The van der Waals surface area contributed by atoms with Gasteiger partial charge in [-0.05, 0) is 25.9 Å². The Morgan fingerprint density at radius 3 is 1.55 bits per heavy atom. The molecule has 0 aromatic rings. The average Bonchev–Trinajstić information content (AvgIpc) is 2.52. The monoisotopic (exact) mass is 313 g/mol. The zero-order valence-corrected chi connectivity index (χ0v) is 15.5. The Hall–Kier alpha value is -0.0800. The molecular formula is C20H43NO. The van der Waals surface area contributed by atoms with Gasteiger partial charge in [0.05, 0.1) is 6.10 Å². The summed E-state index contributed by atoms with van der Waals surface area (Å²) in [4.78, 5) is 0. The van der Waals surface area contributed by atoms with Crippen LogP contribution in [0, 0.1) is 0 Å². The third-order valence-corrected chi connectivity index (χ3v) is 4.55. The summed E-state index contributed by atoms with van der Waals surface area (Å²) >= 11 is 0. The summed E-state index contributed by atoms with van der Waals surface area (Å²) in [5.41, 5.74) is 0. The summed E-state index contributed by atoms with van der Waals surface area (Å²) < 4.78 is 0. The van der Waals surface area contributed by atoms with Crippen LogP contribution in [0.3, 0.4) is 0 Å². The van der Waals surface area contributed by atoms with E-state index < -0.39 is 0 Å². The molecular weight excluding hydrogens is 270 g/mol. The topological polar surface area (TPSA) is 32.3 Å². The summed E-state index contributed by atoms with van der Waals surface area (Å²) in [5, 5.41) is 13.1. The van der Waals surface area contributed by atoms with Crippen molar-refractivity contribution in [1.82, 2.24) is 5.32 Å². The lowest BCUT2D eigenvalue weighted by Crippen LogP contribution is -2.19. The Morgan fingerprint density at radius 2 is 1.09 bits per heavy atom. The van der Waals surface area contributed by atoms with Gasteiger partial charge in [-0.15, -0.1) is 0 Å². The Labute approximate surface area is 140 Å². The fourth-order valence-electron chi connectivity index (χ4n) is 2.99. The molecule has 1 atom stereocenters. The lowest BCUT2D eigenvalue weighted by atomic mass is 10.0. The first-order valence-corrected chi connectivity index (χ1v) is 10.2. The fraction of sp³-hybridized carbons (Fsp3) is 1.00. The lowest BCUT2D eigenvalue weighted by molar-refractivity contribution is 0.150.